The Hall–Kier alpha value is -0.890. The molecule has 1 radical (unpaired) electrons. The van der Waals surface area contributed by atoms with Crippen LogP contribution in [-0.2, 0) is 6.54 Å². The lowest BCUT2D eigenvalue weighted by Crippen LogP contribution is -2.04. The van der Waals surface area contributed by atoms with Crippen LogP contribution in [-0.4, -0.2) is 7.05 Å². The summed E-state index contributed by atoms with van der Waals surface area (Å²) < 4.78 is 12.4. The van der Waals surface area contributed by atoms with Crippen LogP contribution in [0.2, 0.25) is 0 Å². The summed E-state index contributed by atoms with van der Waals surface area (Å²) in [7, 11) is 1.82. The second-order valence-electron chi connectivity index (χ2n) is 2.06. The highest BCUT2D eigenvalue weighted by Crippen LogP contribution is 2.00. The van der Waals surface area contributed by atoms with Gasteiger partial charge in [-0.2, -0.15) is 0 Å². The smallest absolute Gasteiger partial charge is 0.123 e. The average Bonchev–Trinajstić information content (AvgIpc) is 1.88. The molecule has 0 saturated carbocycles. The molecule has 0 atom stereocenters. The number of halogens is 1. The Kier molecular flexibility index (Phi) is 2.40. The maximum Gasteiger partial charge on any atom is 0.123 e. The average molecular weight is 138 g/mol. The van der Waals surface area contributed by atoms with Crippen molar-refractivity contribution >= 4 is 0 Å². The first-order valence-electron chi connectivity index (χ1n) is 3.13. The van der Waals surface area contributed by atoms with E-state index in [0.717, 1.165) is 5.56 Å². The summed E-state index contributed by atoms with van der Waals surface area (Å²) in [4.78, 5) is 0. The zero-order chi connectivity index (χ0) is 7.40. The van der Waals surface area contributed by atoms with E-state index in [0.29, 0.717) is 6.54 Å². The van der Waals surface area contributed by atoms with Crippen molar-refractivity contribution in [2.24, 2.45) is 0 Å². The van der Waals surface area contributed by atoms with Crippen molar-refractivity contribution in [1.29, 1.82) is 0 Å². The van der Waals surface area contributed by atoms with Gasteiger partial charge in [0.2, 0.25) is 0 Å². The maximum absolute atomic E-state index is 12.4. The van der Waals surface area contributed by atoms with Crippen molar-refractivity contribution < 1.29 is 4.39 Å². The van der Waals surface area contributed by atoms with Crippen LogP contribution in [0.1, 0.15) is 5.56 Å². The molecule has 0 unspecified atom stereocenters. The molecule has 0 spiro atoms. The van der Waals surface area contributed by atoms with E-state index in [2.05, 4.69) is 11.4 Å². The first kappa shape index (κ1) is 7.22. The van der Waals surface area contributed by atoms with Crippen LogP contribution >= 0.6 is 0 Å². The van der Waals surface area contributed by atoms with Crippen molar-refractivity contribution in [1.82, 2.24) is 5.32 Å². The third-order valence-electron chi connectivity index (χ3n) is 1.19. The van der Waals surface area contributed by atoms with Gasteiger partial charge in [-0.25, -0.2) is 4.39 Å². The molecule has 0 fully saturated rings. The predicted molar refractivity (Wildman–Crippen MR) is 38.0 cm³/mol. The summed E-state index contributed by atoms with van der Waals surface area (Å²) in [5.41, 5.74) is 0.850. The molecular weight excluding hydrogens is 129 g/mol. The Morgan fingerprint density at radius 3 is 3.10 bits per heavy atom. The molecule has 0 bridgehead atoms. The molecule has 2 heteroatoms. The summed E-state index contributed by atoms with van der Waals surface area (Å²) >= 11 is 0. The molecule has 0 amide bonds. The molecule has 1 nitrogen and oxygen atoms in total. The normalized spacial score (nSPS) is 9.80. The first-order chi connectivity index (χ1) is 4.83. The minimum Gasteiger partial charge on any atom is -0.316 e. The number of hydrogen-bond acceptors (Lipinski definition) is 1. The van der Waals surface area contributed by atoms with E-state index in [1.807, 2.05) is 7.05 Å². The number of rotatable bonds is 2. The van der Waals surface area contributed by atoms with Gasteiger partial charge in [-0.1, -0.05) is 6.07 Å². The highest BCUT2D eigenvalue weighted by atomic mass is 19.1. The summed E-state index contributed by atoms with van der Waals surface area (Å²) in [6.07, 6.45) is 0. The van der Waals surface area contributed by atoms with Gasteiger partial charge in [0.1, 0.15) is 5.82 Å². The van der Waals surface area contributed by atoms with E-state index < -0.39 is 0 Å². The maximum atomic E-state index is 12.4. The number of hydrogen-bond donors (Lipinski definition) is 1. The van der Waals surface area contributed by atoms with E-state index in [-0.39, 0.29) is 5.82 Å². The standard InChI is InChI=1S/C8H9FN/c1-10-6-7-3-2-4-8(9)5-7/h2,4-5,10H,6H2,1H3. The van der Waals surface area contributed by atoms with Crippen LogP contribution in [0.3, 0.4) is 0 Å². The SMILES string of the molecule is CNCc1[c]ccc(F)c1. The fraction of sp³-hybridized carbons (Fsp3) is 0.250. The van der Waals surface area contributed by atoms with E-state index in [4.69, 9.17) is 0 Å². The minimum absolute atomic E-state index is 0.205. The van der Waals surface area contributed by atoms with Crippen molar-refractivity contribution in [3.8, 4) is 0 Å². The Morgan fingerprint density at radius 2 is 2.50 bits per heavy atom. The Morgan fingerprint density at radius 1 is 1.70 bits per heavy atom. The van der Waals surface area contributed by atoms with Crippen molar-refractivity contribution in [2.75, 3.05) is 7.05 Å². The van der Waals surface area contributed by atoms with Gasteiger partial charge in [0.25, 0.3) is 0 Å². The van der Waals surface area contributed by atoms with Gasteiger partial charge < -0.3 is 5.32 Å². The Balaban J connectivity index is 2.75. The zero-order valence-corrected chi connectivity index (χ0v) is 5.82. The third-order valence-corrected chi connectivity index (χ3v) is 1.19. The van der Waals surface area contributed by atoms with Crippen LogP contribution in [0, 0.1) is 11.9 Å². The van der Waals surface area contributed by atoms with Gasteiger partial charge in [0.15, 0.2) is 0 Å². The zero-order valence-electron chi connectivity index (χ0n) is 5.82. The molecule has 0 aliphatic heterocycles. The summed E-state index contributed by atoms with van der Waals surface area (Å²) in [5, 5.41) is 2.91. The molecule has 10 heavy (non-hydrogen) atoms. The van der Waals surface area contributed by atoms with Crippen LogP contribution in [0.4, 0.5) is 4.39 Å². The lowest BCUT2D eigenvalue weighted by molar-refractivity contribution is 0.623. The molecule has 0 heterocycles. The molecule has 0 aliphatic rings. The molecule has 1 aromatic carbocycles. The van der Waals surface area contributed by atoms with E-state index >= 15 is 0 Å². The fourth-order valence-electron chi connectivity index (χ4n) is 0.777. The van der Waals surface area contributed by atoms with E-state index in [9.17, 15) is 4.39 Å². The first-order valence-corrected chi connectivity index (χ1v) is 3.13. The van der Waals surface area contributed by atoms with E-state index in [1.165, 1.54) is 12.1 Å². The summed E-state index contributed by atoms with van der Waals surface area (Å²) in [5.74, 6) is -0.205. The molecule has 1 N–H and O–H groups in total. The molecular formula is C8H9FN. The topological polar surface area (TPSA) is 12.0 Å². The summed E-state index contributed by atoms with van der Waals surface area (Å²) in [6.45, 7) is 0.664. The van der Waals surface area contributed by atoms with Gasteiger partial charge in [-0.15, -0.1) is 0 Å². The summed E-state index contributed by atoms with van der Waals surface area (Å²) in [6, 6.07) is 7.35. The second-order valence-corrected chi connectivity index (χ2v) is 2.06. The van der Waals surface area contributed by atoms with Gasteiger partial charge in [0.05, 0.1) is 0 Å². The highest BCUT2D eigenvalue weighted by Gasteiger charge is 1.91. The minimum atomic E-state index is -0.205. The highest BCUT2D eigenvalue weighted by molar-refractivity contribution is 5.14. The van der Waals surface area contributed by atoms with Gasteiger partial charge in [0, 0.05) is 6.54 Å². The van der Waals surface area contributed by atoms with Crippen LogP contribution in [0.5, 0.6) is 0 Å². The van der Waals surface area contributed by atoms with Crippen LogP contribution < -0.4 is 5.32 Å². The molecule has 0 aliphatic carbocycles. The molecule has 0 aromatic heterocycles. The predicted octanol–water partition coefficient (Wildman–Crippen LogP) is 1.35. The second kappa shape index (κ2) is 3.32. The van der Waals surface area contributed by atoms with E-state index in [1.54, 1.807) is 6.07 Å². The lowest BCUT2D eigenvalue weighted by atomic mass is 10.2. The molecule has 0 saturated heterocycles. The number of benzene rings is 1. The number of nitrogens with one attached hydrogen (secondary N) is 1. The quantitative estimate of drug-likeness (QED) is 0.650. The van der Waals surface area contributed by atoms with Crippen LogP contribution in [0.25, 0.3) is 0 Å². The monoisotopic (exact) mass is 138 g/mol. The lowest BCUT2D eigenvalue weighted by Gasteiger charge is -1.96. The largest absolute Gasteiger partial charge is 0.316 e. The van der Waals surface area contributed by atoms with Crippen molar-refractivity contribution in [2.45, 2.75) is 6.54 Å². The van der Waals surface area contributed by atoms with Crippen molar-refractivity contribution in [3.05, 3.63) is 35.6 Å². The molecule has 1 rings (SSSR count). The molecule has 1 aromatic rings. The molecule has 53 valence electrons. The van der Waals surface area contributed by atoms with Gasteiger partial charge in [-0.3, -0.25) is 0 Å². The Bertz CT molecular complexity index is 210. The third kappa shape index (κ3) is 1.81. The van der Waals surface area contributed by atoms with Gasteiger partial charge in [-0.05, 0) is 30.8 Å². The van der Waals surface area contributed by atoms with Gasteiger partial charge >= 0.3 is 0 Å². The van der Waals surface area contributed by atoms with Crippen molar-refractivity contribution in [3.63, 3.8) is 0 Å². The van der Waals surface area contributed by atoms with Crippen LogP contribution in [0.15, 0.2) is 18.2 Å². The fourth-order valence-corrected chi connectivity index (χ4v) is 0.777. The Labute approximate surface area is 59.9 Å².